The first-order valence-electron chi connectivity index (χ1n) is 12.5. The molecule has 3 N–H and O–H groups in total. The molecule has 3 rings (SSSR count). The summed E-state index contributed by atoms with van der Waals surface area (Å²) < 4.78 is 1.49. The van der Waals surface area contributed by atoms with Crippen LogP contribution in [-0.4, -0.2) is 81.2 Å². The van der Waals surface area contributed by atoms with Crippen molar-refractivity contribution in [1.29, 1.82) is 0 Å². The van der Waals surface area contributed by atoms with Crippen LogP contribution in [0.2, 0.25) is 0 Å². The van der Waals surface area contributed by atoms with E-state index in [0.717, 1.165) is 43.1 Å². The van der Waals surface area contributed by atoms with Crippen LogP contribution in [-0.2, 0) is 20.9 Å². The lowest BCUT2D eigenvalue weighted by Crippen LogP contribution is -2.47. The number of carbonyl (C=O) groups excluding carboxylic acids is 1. The zero-order valence-corrected chi connectivity index (χ0v) is 21.1. The minimum Gasteiger partial charge on any atom is -0.480 e. The van der Waals surface area contributed by atoms with E-state index in [1.165, 1.54) is 15.5 Å². The quantitative estimate of drug-likeness (QED) is 0.370. The minimum atomic E-state index is -1.10. The molecule has 2 aromatic rings. The molecule has 0 bridgehead atoms. The zero-order valence-electron chi connectivity index (χ0n) is 21.1. The summed E-state index contributed by atoms with van der Waals surface area (Å²) in [6.07, 6.45) is 10.5. The third kappa shape index (κ3) is 7.90. The first-order chi connectivity index (χ1) is 17.7. The van der Waals surface area contributed by atoms with Crippen LogP contribution in [0.1, 0.15) is 37.7 Å². The van der Waals surface area contributed by atoms with Crippen molar-refractivity contribution in [3.05, 3.63) is 40.2 Å². The number of terminal acetylenes is 1. The Morgan fingerprint density at radius 3 is 2.35 bits per heavy atom. The van der Waals surface area contributed by atoms with Crippen molar-refractivity contribution in [1.82, 2.24) is 14.4 Å². The van der Waals surface area contributed by atoms with E-state index < -0.39 is 11.9 Å². The standard InChI is InChI=1S/C27H34N4O6/c1-3-11-31-23-15-20(9-10-22(23)19(2)14-25(31)33)28-24(32)16-30(21-7-5-4-6-8-21)13-12-29(17-26(34)35)18-27(36)37/h1,9-10,14-15,21H,4-8,11-13,16-18H2,2H3,(H,28,32)(H,34,35)(H,36,37). The summed E-state index contributed by atoms with van der Waals surface area (Å²) in [5.41, 5.74) is 1.79. The molecule has 0 atom stereocenters. The van der Waals surface area contributed by atoms with E-state index in [1.807, 2.05) is 17.9 Å². The average molecular weight is 511 g/mol. The Kier molecular flexibility index (Phi) is 9.83. The highest BCUT2D eigenvalue weighted by Gasteiger charge is 2.24. The number of benzene rings is 1. The fraction of sp³-hybridized carbons (Fsp3) is 0.481. The molecule has 1 fully saturated rings. The Hall–Kier alpha value is -3.68. The number of hydrogen-bond donors (Lipinski definition) is 3. The molecule has 1 saturated carbocycles. The van der Waals surface area contributed by atoms with Gasteiger partial charge in [0.2, 0.25) is 5.91 Å². The van der Waals surface area contributed by atoms with Crippen LogP contribution in [0.15, 0.2) is 29.1 Å². The van der Waals surface area contributed by atoms with E-state index in [1.54, 1.807) is 12.1 Å². The molecule has 1 aliphatic rings. The van der Waals surface area contributed by atoms with Gasteiger partial charge in [-0.15, -0.1) is 6.42 Å². The lowest BCUT2D eigenvalue weighted by Gasteiger charge is -2.35. The van der Waals surface area contributed by atoms with E-state index in [4.69, 9.17) is 16.6 Å². The third-order valence-corrected chi connectivity index (χ3v) is 6.71. The molecule has 0 radical (unpaired) electrons. The number of amides is 1. The molecule has 0 saturated heterocycles. The molecule has 0 spiro atoms. The van der Waals surface area contributed by atoms with E-state index in [-0.39, 0.29) is 50.2 Å². The number of aromatic nitrogens is 1. The van der Waals surface area contributed by atoms with Gasteiger partial charge in [-0.3, -0.25) is 33.5 Å². The normalized spacial score (nSPS) is 14.1. The van der Waals surface area contributed by atoms with E-state index in [9.17, 15) is 19.2 Å². The highest BCUT2D eigenvalue weighted by Crippen LogP contribution is 2.24. The summed E-state index contributed by atoms with van der Waals surface area (Å²) in [4.78, 5) is 51.3. The smallest absolute Gasteiger partial charge is 0.317 e. The number of nitrogens with one attached hydrogen (secondary N) is 1. The van der Waals surface area contributed by atoms with Crippen LogP contribution in [0.5, 0.6) is 0 Å². The number of hydrogen-bond acceptors (Lipinski definition) is 6. The van der Waals surface area contributed by atoms with Crippen LogP contribution >= 0.6 is 0 Å². The van der Waals surface area contributed by atoms with Crippen LogP contribution in [0.4, 0.5) is 5.69 Å². The van der Waals surface area contributed by atoms with Crippen molar-refractivity contribution in [3.63, 3.8) is 0 Å². The number of fused-ring (bicyclic) bond motifs is 1. The summed E-state index contributed by atoms with van der Waals surface area (Å²) in [5.74, 6) is 0.0551. The van der Waals surface area contributed by atoms with E-state index in [2.05, 4.69) is 11.2 Å². The van der Waals surface area contributed by atoms with Crippen molar-refractivity contribution in [2.24, 2.45) is 0 Å². The predicted octanol–water partition coefficient (Wildman–Crippen LogP) is 1.99. The Morgan fingerprint density at radius 2 is 1.73 bits per heavy atom. The van der Waals surface area contributed by atoms with Gasteiger partial charge in [0.05, 0.1) is 31.7 Å². The Balaban J connectivity index is 1.76. The van der Waals surface area contributed by atoms with Crippen LogP contribution in [0.25, 0.3) is 10.9 Å². The predicted molar refractivity (Wildman–Crippen MR) is 141 cm³/mol. The van der Waals surface area contributed by atoms with E-state index in [0.29, 0.717) is 17.7 Å². The first kappa shape index (κ1) is 27.9. The van der Waals surface area contributed by atoms with Crippen molar-refractivity contribution >= 4 is 34.4 Å². The second-order valence-corrected chi connectivity index (χ2v) is 9.50. The Morgan fingerprint density at radius 1 is 1.05 bits per heavy atom. The second kappa shape index (κ2) is 13.0. The summed E-state index contributed by atoms with van der Waals surface area (Å²) >= 11 is 0. The average Bonchev–Trinajstić information content (AvgIpc) is 2.84. The SMILES string of the molecule is C#CCn1c(=O)cc(C)c2ccc(NC(=O)CN(CCN(CC(=O)O)CC(=O)O)C3CCCCC3)cc21. The van der Waals surface area contributed by atoms with Crippen molar-refractivity contribution in [2.75, 3.05) is 38.0 Å². The summed E-state index contributed by atoms with van der Waals surface area (Å²) in [5, 5.41) is 22.1. The molecular weight excluding hydrogens is 476 g/mol. The fourth-order valence-corrected chi connectivity index (χ4v) is 4.97. The van der Waals surface area contributed by atoms with Gasteiger partial charge in [0.15, 0.2) is 0 Å². The Labute approximate surface area is 215 Å². The number of carbonyl (C=O) groups is 3. The van der Waals surface area contributed by atoms with Crippen molar-refractivity contribution in [3.8, 4) is 12.3 Å². The first-order valence-corrected chi connectivity index (χ1v) is 12.5. The monoisotopic (exact) mass is 510 g/mol. The summed E-state index contributed by atoms with van der Waals surface area (Å²) in [6, 6.07) is 7.07. The number of aliphatic carboxylic acids is 2. The van der Waals surface area contributed by atoms with Gasteiger partial charge in [-0.05, 0) is 37.5 Å². The van der Waals surface area contributed by atoms with Crippen molar-refractivity contribution < 1.29 is 24.6 Å². The maximum Gasteiger partial charge on any atom is 0.317 e. The molecule has 1 aromatic carbocycles. The molecule has 10 heteroatoms. The summed E-state index contributed by atoms with van der Waals surface area (Å²) in [6.45, 7) is 1.88. The molecule has 1 amide bonds. The zero-order chi connectivity index (χ0) is 26.9. The van der Waals surface area contributed by atoms with Gasteiger partial charge in [-0.1, -0.05) is 31.2 Å². The number of carboxylic acid groups (broad SMARTS) is 2. The van der Waals surface area contributed by atoms with Gasteiger partial charge >= 0.3 is 11.9 Å². The lowest BCUT2D eigenvalue weighted by atomic mass is 9.94. The molecule has 198 valence electrons. The number of nitrogens with zero attached hydrogens (tertiary/aromatic N) is 3. The lowest BCUT2D eigenvalue weighted by molar-refractivity contribution is -0.142. The maximum absolute atomic E-state index is 13.1. The maximum atomic E-state index is 13.1. The number of carboxylic acids is 2. The molecule has 0 unspecified atom stereocenters. The largest absolute Gasteiger partial charge is 0.480 e. The van der Waals surface area contributed by atoms with E-state index >= 15 is 0 Å². The molecule has 1 heterocycles. The van der Waals surface area contributed by atoms with Crippen LogP contribution in [0.3, 0.4) is 0 Å². The molecular formula is C27H34N4O6. The van der Waals surface area contributed by atoms with Gasteiger partial charge in [0.25, 0.3) is 5.56 Å². The van der Waals surface area contributed by atoms with Crippen LogP contribution in [0, 0.1) is 19.3 Å². The Bertz CT molecular complexity index is 1230. The topological polar surface area (TPSA) is 132 Å². The fourth-order valence-electron chi connectivity index (χ4n) is 4.97. The number of aryl methyl sites for hydroxylation is 1. The third-order valence-electron chi connectivity index (χ3n) is 6.71. The minimum absolute atomic E-state index is 0.0850. The molecule has 0 aliphatic heterocycles. The van der Waals surface area contributed by atoms with Gasteiger partial charge in [0.1, 0.15) is 0 Å². The van der Waals surface area contributed by atoms with Gasteiger partial charge in [0, 0.05) is 36.3 Å². The molecule has 1 aliphatic carbocycles. The van der Waals surface area contributed by atoms with Gasteiger partial charge in [-0.25, -0.2) is 0 Å². The number of pyridine rings is 1. The van der Waals surface area contributed by atoms with Crippen molar-refractivity contribution in [2.45, 2.75) is 51.6 Å². The van der Waals surface area contributed by atoms with Gasteiger partial charge in [-0.2, -0.15) is 0 Å². The molecule has 37 heavy (non-hydrogen) atoms. The number of anilines is 1. The van der Waals surface area contributed by atoms with Gasteiger partial charge < -0.3 is 15.5 Å². The van der Waals surface area contributed by atoms with Crippen LogP contribution < -0.4 is 10.9 Å². The summed E-state index contributed by atoms with van der Waals surface area (Å²) in [7, 11) is 0. The molecule has 10 nitrogen and oxygen atoms in total. The highest BCUT2D eigenvalue weighted by atomic mass is 16.4. The second-order valence-electron chi connectivity index (χ2n) is 9.50. The molecule has 1 aromatic heterocycles. The number of rotatable bonds is 12. The highest BCUT2D eigenvalue weighted by molar-refractivity contribution is 5.95.